The molecular formula is C15H19ClN4O. The van der Waals surface area contributed by atoms with Crippen LogP contribution in [-0.4, -0.2) is 22.9 Å². The van der Waals surface area contributed by atoms with Gasteiger partial charge in [-0.1, -0.05) is 17.7 Å². The minimum absolute atomic E-state index is 0.134. The van der Waals surface area contributed by atoms with Crippen molar-refractivity contribution in [1.82, 2.24) is 9.78 Å². The van der Waals surface area contributed by atoms with Crippen LogP contribution in [0.5, 0.6) is 0 Å². The number of aromatic nitrogens is 2. The second-order valence-corrected chi connectivity index (χ2v) is 5.56. The van der Waals surface area contributed by atoms with E-state index in [9.17, 15) is 4.79 Å². The standard InChI is InChI=1S/C15H19ClN4O/c1-10(2)19(3)12-7-5-6-11(8-12)18-13-9-17-20(4)15(21)14(13)16/h5-10,18H,1-4H3. The summed E-state index contributed by atoms with van der Waals surface area (Å²) >= 11 is 6.05. The smallest absolute Gasteiger partial charge is 0.287 e. The Morgan fingerprint density at radius 3 is 2.76 bits per heavy atom. The highest BCUT2D eigenvalue weighted by Crippen LogP contribution is 2.25. The molecule has 0 atom stereocenters. The molecular weight excluding hydrogens is 288 g/mol. The van der Waals surface area contributed by atoms with Crippen LogP contribution in [-0.2, 0) is 7.05 Å². The van der Waals surface area contributed by atoms with Crippen molar-refractivity contribution in [3.05, 3.63) is 45.8 Å². The third-order valence-corrected chi connectivity index (χ3v) is 3.75. The number of nitrogens with zero attached hydrogens (tertiary/aromatic N) is 3. The average Bonchev–Trinajstić information content (AvgIpc) is 2.47. The van der Waals surface area contributed by atoms with Crippen molar-refractivity contribution in [3.8, 4) is 0 Å². The zero-order valence-corrected chi connectivity index (χ0v) is 13.3. The summed E-state index contributed by atoms with van der Waals surface area (Å²) in [7, 11) is 3.60. The van der Waals surface area contributed by atoms with Gasteiger partial charge in [0.05, 0.1) is 11.9 Å². The van der Waals surface area contributed by atoms with E-state index in [1.807, 2.05) is 31.3 Å². The van der Waals surface area contributed by atoms with Crippen molar-refractivity contribution in [2.24, 2.45) is 7.05 Å². The monoisotopic (exact) mass is 306 g/mol. The van der Waals surface area contributed by atoms with Crippen LogP contribution in [0.3, 0.4) is 0 Å². The van der Waals surface area contributed by atoms with E-state index in [0.717, 1.165) is 11.4 Å². The lowest BCUT2D eigenvalue weighted by Crippen LogP contribution is -2.25. The molecule has 0 bridgehead atoms. The topological polar surface area (TPSA) is 50.2 Å². The van der Waals surface area contributed by atoms with Crippen molar-refractivity contribution in [2.45, 2.75) is 19.9 Å². The molecule has 1 aromatic carbocycles. The maximum absolute atomic E-state index is 11.8. The van der Waals surface area contributed by atoms with Gasteiger partial charge in [0.2, 0.25) is 0 Å². The van der Waals surface area contributed by atoms with Crippen LogP contribution in [0.15, 0.2) is 35.3 Å². The van der Waals surface area contributed by atoms with E-state index in [-0.39, 0.29) is 10.6 Å². The first-order chi connectivity index (χ1) is 9.90. The molecule has 6 heteroatoms. The van der Waals surface area contributed by atoms with Crippen LogP contribution in [0.2, 0.25) is 5.02 Å². The maximum atomic E-state index is 11.8. The molecule has 0 unspecified atom stereocenters. The zero-order chi connectivity index (χ0) is 15.6. The van der Waals surface area contributed by atoms with Gasteiger partial charge < -0.3 is 10.2 Å². The molecule has 2 rings (SSSR count). The maximum Gasteiger partial charge on any atom is 0.287 e. The van der Waals surface area contributed by atoms with E-state index in [2.05, 4.69) is 29.2 Å². The van der Waals surface area contributed by atoms with Gasteiger partial charge in [-0.3, -0.25) is 4.79 Å². The zero-order valence-electron chi connectivity index (χ0n) is 12.6. The van der Waals surface area contributed by atoms with Crippen LogP contribution >= 0.6 is 11.6 Å². The van der Waals surface area contributed by atoms with Gasteiger partial charge in [0.15, 0.2) is 0 Å². The van der Waals surface area contributed by atoms with Gasteiger partial charge in [0.1, 0.15) is 5.02 Å². The molecule has 0 saturated carbocycles. The summed E-state index contributed by atoms with van der Waals surface area (Å²) in [6.45, 7) is 4.25. The molecule has 1 heterocycles. The number of halogens is 1. The number of hydrogen-bond acceptors (Lipinski definition) is 4. The Morgan fingerprint density at radius 1 is 1.38 bits per heavy atom. The number of hydrogen-bond donors (Lipinski definition) is 1. The van der Waals surface area contributed by atoms with Gasteiger partial charge in [-0.15, -0.1) is 0 Å². The Hall–Kier alpha value is -2.01. The molecule has 1 N–H and O–H groups in total. The van der Waals surface area contributed by atoms with Crippen LogP contribution in [0.1, 0.15) is 13.8 Å². The van der Waals surface area contributed by atoms with Gasteiger partial charge >= 0.3 is 0 Å². The van der Waals surface area contributed by atoms with Crippen molar-refractivity contribution >= 4 is 28.7 Å². The summed E-state index contributed by atoms with van der Waals surface area (Å²) < 4.78 is 1.20. The lowest BCUT2D eigenvalue weighted by atomic mass is 10.2. The van der Waals surface area contributed by atoms with Crippen molar-refractivity contribution in [1.29, 1.82) is 0 Å². The molecule has 1 aromatic heterocycles. The van der Waals surface area contributed by atoms with Crippen LogP contribution in [0.25, 0.3) is 0 Å². The van der Waals surface area contributed by atoms with Crippen molar-refractivity contribution < 1.29 is 0 Å². The predicted octanol–water partition coefficient (Wildman–Crippen LogP) is 3.02. The van der Waals surface area contributed by atoms with E-state index in [0.29, 0.717) is 11.7 Å². The molecule has 21 heavy (non-hydrogen) atoms. The predicted molar refractivity (Wildman–Crippen MR) is 87.8 cm³/mol. The van der Waals surface area contributed by atoms with E-state index >= 15 is 0 Å². The minimum atomic E-state index is -0.322. The molecule has 0 radical (unpaired) electrons. The van der Waals surface area contributed by atoms with Gasteiger partial charge in [-0.25, -0.2) is 4.68 Å². The summed E-state index contributed by atoms with van der Waals surface area (Å²) in [5, 5.41) is 7.24. The molecule has 2 aromatic rings. The molecule has 0 saturated heterocycles. The quantitative estimate of drug-likeness (QED) is 0.943. The lowest BCUT2D eigenvalue weighted by molar-refractivity contribution is 0.709. The number of aryl methyl sites for hydroxylation is 1. The van der Waals surface area contributed by atoms with Gasteiger partial charge in [-0.05, 0) is 32.0 Å². The molecule has 0 aliphatic heterocycles. The number of nitrogens with one attached hydrogen (secondary N) is 1. The van der Waals surface area contributed by atoms with Crippen LogP contribution in [0.4, 0.5) is 17.1 Å². The van der Waals surface area contributed by atoms with Crippen LogP contribution < -0.4 is 15.8 Å². The molecule has 112 valence electrons. The number of rotatable bonds is 4. The first-order valence-corrected chi connectivity index (χ1v) is 7.09. The highest BCUT2D eigenvalue weighted by Gasteiger charge is 2.09. The fraction of sp³-hybridized carbons (Fsp3) is 0.333. The molecule has 0 spiro atoms. The Morgan fingerprint density at radius 2 is 2.10 bits per heavy atom. The highest BCUT2D eigenvalue weighted by atomic mass is 35.5. The summed E-state index contributed by atoms with van der Waals surface area (Å²) in [5.41, 5.74) is 2.13. The largest absolute Gasteiger partial charge is 0.372 e. The average molecular weight is 307 g/mol. The number of benzene rings is 1. The third kappa shape index (κ3) is 3.36. The Kier molecular flexibility index (Phi) is 4.53. The summed E-state index contributed by atoms with van der Waals surface area (Å²) in [4.78, 5) is 13.9. The fourth-order valence-electron chi connectivity index (χ4n) is 1.85. The Balaban J connectivity index is 2.31. The number of anilines is 3. The third-order valence-electron chi connectivity index (χ3n) is 3.39. The SMILES string of the molecule is CC(C)N(C)c1cccc(Nc2cnn(C)c(=O)c2Cl)c1. The molecule has 0 aliphatic rings. The lowest BCUT2D eigenvalue weighted by Gasteiger charge is -2.24. The summed E-state index contributed by atoms with van der Waals surface area (Å²) in [5.74, 6) is 0. The van der Waals surface area contributed by atoms with Gasteiger partial charge in [-0.2, -0.15) is 5.10 Å². The van der Waals surface area contributed by atoms with E-state index in [4.69, 9.17) is 11.6 Å². The van der Waals surface area contributed by atoms with E-state index in [1.54, 1.807) is 13.2 Å². The summed E-state index contributed by atoms with van der Waals surface area (Å²) in [6, 6.07) is 8.32. The molecule has 5 nitrogen and oxygen atoms in total. The molecule has 0 amide bonds. The summed E-state index contributed by atoms with van der Waals surface area (Å²) in [6.07, 6.45) is 1.54. The van der Waals surface area contributed by atoms with E-state index in [1.165, 1.54) is 4.68 Å². The normalized spacial score (nSPS) is 10.8. The Labute approximate surface area is 129 Å². The molecule has 0 aliphatic carbocycles. The first kappa shape index (κ1) is 15.4. The van der Waals surface area contributed by atoms with Gasteiger partial charge in [0, 0.05) is 31.5 Å². The van der Waals surface area contributed by atoms with Crippen molar-refractivity contribution in [3.63, 3.8) is 0 Å². The minimum Gasteiger partial charge on any atom is -0.372 e. The molecule has 0 fully saturated rings. The van der Waals surface area contributed by atoms with Gasteiger partial charge in [0.25, 0.3) is 5.56 Å². The van der Waals surface area contributed by atoms with Crippen LogP contribution in [0, 0.1) is 0 Å². The first-order valence-electron chi connectivity index (χ1n) is 6.72. The highest BCUT2D eigenvalue weighted by molar-refractivity contribution is 6.33. The van der Waals surface area contributed by atoms with Crippen molar-refractivity contribution in [2.75, 3.05) is 17.3 Å². The fourth-order valence-corrected chi connectivity index (χ4v) is 2.07. The van der Waals surface area contributed by atoms with E-state index < -0.39 is 0 Å². The Bertz CT molecular complexity index is 696. The second kappa shape index (κ2) is 6.18. The second-order valence-electron chi connectivity index (χ2n) is 5.18.